The predicted molar refractivity (Wildman–Crippen MR) is 79.4 cm³/mol. The number of nitro groups is 2. The van der Waals surface area contributed by atoms with Gasteiger partial charge in [-0.1, -0.05) is 35.9 Å². The van der Waals surface area contributed by atoms with Crippen molar-refractivity contribution in [3.8, 4) is 0 Å². The predicted octanol–water partition coefficient (Wildman–Crippen LogP) is 4.02. The molecule has 7 heteroatoms. The first-order valence-electron chi connectivity index (χ1n) is 5.84. The van der Waals surface area contributed by atoms with E-state index in [0.717, 1.165) is 0 Å². The SMILES string of the molecule is O=[N+]([O-])C(=Cc1ccc(Cl)c([N+](=O)[O-])c1)c1ccccc1. The first-order valence-corrected chi connectivity index (χ1v) is 6.22. The summed E-state index contributed by atoms with van der Waals surface area (Å²) in [6, 6.07) is 12.3. The Morgan fingerprint density at radius 1 is 1.05 bits per heavy atom. The molecule has 0 N–H and O–H groups in total. The maximum atomic E-state index is 11.2. The number of hydrogen-bond donors (Lipinski definition) is 0. The van der Waals surface area contributed by atoms with E-state index in [-0.39, 0.29) is 16.4 Å². The molecular weight excluding hydrogens is 296 g/mol. The smallest absolute Gasteiger partial charge is 0.258 e. The van der Waals surface area contributed by atoms with Crippen LogP contribution in [0.1, 0.15) is 11.1 Å². The van der Waals surface area contributed by atoms with Gasteiger partial charge >= 0.3 is 0 Å². The van der Waals surface area contributed by atoms with Gasteiger partial charge in [0.05, 0.1) is 15.4 Å². The minimum atomic E-state index is -0.631. The molecular formula is C14H9ClN2O4. The van der Waals surface area contributed by atoms with E-state index in [0.29, 0.717) is 11.1 Å². The summed E-state index contributed by atoms with van der Waals surface area (Å²) in [6.45, 7) is 0. The van der Waals surface area contributed by atoms with Gasteiger partial charge in [0.25, 0.3) is 11.4 Å². The lowest BCUT2D eigenvalue weighted by Gasteiger charge is -2.00. The largest absolute Gasteiger partial charge is 0.288 e. The van der Waals surface area contributed by atoms with Crippen LogP contribution in [0.2, 0.25) is 5.02 Å². The van der Waals surface area contributed by atoms with Crippen molar-refractivity contribution in [2.24, 2.45) is 0 Å². The molecule has 2 aromatic carbocycles. The quantitative estimate of drug-likeness (QED) is 0.485. The molecule has 106 valence electrons. The van der Waals surface area contributed by atoms with Crippen molar-refractivity contribution < 1.29 is 9.85 Å². The van der Waals surface area contributed by atoms with Gasteiger partial charge in [-0.2, -0.15) is 0 Å². The molecule has 0 radical (unpaired) electrons. The molecule has 0 fully saturated rings. The summed E-state index contributed by atoms with van der Waals surface area (Å²) in [5, 5.41) is 22.0. The zero-order chi connectivity index (χ0) is 15.4. The molecule has 21 heavy (non-hydrogen) atoms. The van der Waals surface area contributed by atoms with Gasteiger partial charge in [0.2, 0.25) is 0 Å². The average Bonchev–Trinajstić information content (AvgIpc) is 2.46. The molecule has 6 nitrogen and oxygen atoms in total. The van der Waals surface area contributed by atoms with Crippen molar-refractivity contribution in [3.63, 3.8) is 0 Å². The summed E-state index contributed by atoms with van der Waals surface area (Å²) in [4.78, 5) is 20.8. The Morgan fingerprint density at radius 2 is 1.71 bits per heavy atom. The maximum Gasteiger partial charge on any atom is 0.288 e. The third-order valence-corrected chi connectivity index (χ3v) is 3.06. The van der Waals surface area contributed by atoms with Gasteiger partial charge in [-0.25, -0.2) is 0 Å². The summed E-state index contributed by atoms with van der Waals surface area (Å²) in [5.74, 6) is 0. The fourth-order valence-electron chi connectivity index (χ4n) is 1.77. The molecule has 0 unspecified atom stereocenters. The second-order valence-electron chi connectivity index (χ2n) is 4.12. The Hall–Kier alpha value is -2.73. The highest BCUT2D eigenvalue weighted by Gasteiger charge is 2.16. The molecule has 0 atom stereocenters. The zero-order valence-corrected chi connectivity index (χ0v) is 11.4. The zero-order valence-electron chi connectivity index (χ0n) is 10.6. The van der Waals surface area contributed by atoms with Crippen LogP contribution in [-0.4, -0.2) is 9.85 Å². The van der Waals surface area contributed by atoms with E-state index in [1.54, 1.807) is 30.3 Å². The molecule has 0 heterocycles. The van der Waals surface area contributed by atoms with Crippen LogP contribution in [0.15, 0.2) is 48.5 Å². The van der Waals surface area contributed by atoms with Crippen molar-refractivity contribution >= 4 is 29.1 Å². The van der Waals surface area contributed by atoms with Crippen LogP contribution in [0, 0.1) is 20.2 Å². The Bertz CT molecular complexity index is 729. The van der Waals surface area contributed by atoms with E-state index in [9.17, 15) is 20.2 Å². The topological polar surface area (TPSA) is 86.3 Å². The highest BCUT2D eigenvalue weighted by molar-refractivity contribution is 6.32. The van der Waals surface area contributed by atoms with Crippen molar-refractivity contribution in [2.75, 3.05) is 0 Å². The first-order chi connectivity index (χ1) is 9.99. The first kappa shape index (κ1) is 14.7. The lowest BCUT2D eigenvalue weighted by molar-refractivity contribution is -0.384. The lowest BCUT2D eigenvalue weighted by atomic mass is 10.1. The lowest BCUT2D eigenvalue weighted by Crippen LogP contribution is -1.98. The highest BCUT2D eigenvalue weighted by atomic mass is 35.5. The van der Waals surface area contributed by atoms with Gasteiger partial charge < -0.3 is 0 Å². The van der Waals surface area contributed by atoms with Crippen LogP contribution in [-0.2, 0) is 0 Å². The number of nitro benzene ring substituents is 1. The number of hydrogen-bond acceptors (Lipinski definition) is 4. The summed E-state index contributed by atoms with van der Waals surface area (Å²) in [5.41, 5.74) is 0.315. The van der Waals surface area contributed by atoms with E-state index in [1.165, 1.54) is 24.3 Å². The van der Waals surface area contributed by atoms with Crippen molar-refractivity contribution in [3.05, 3.63) is 84.9 Å². The van der Waals surface area contributed by atoms with Crippen LogP contribution >= 0.6 is 11.6 Å². The number of rotatable bonds is 4. The van der Waals surface area contributed by atoms with Crippen molar-refractivity contribution in [2.45, 2.75) is 0 Å². The molecule has 0 aromatic heterocycles. The molecule has 0 aliphatic carbocycles. The third kappa shape index (κ3) is 3.43. The Labute approximate surface area is 124 Å². The normalized spacial score (nSPS) is 11.2. The number of nitrogens with zero attached hydrogens (tertiary/aromatic N) is 2. The van der Waals surface area contributed by atoms with E-state index in [1.807, 2.05) is 0 Å². The molecule has 0 bridgehead atoms. The van der Waals surface area contributed by atoms with Gasteiger partial charge in [-0.15, -0.1) is 0 Å². The van der Waals surface area contributed by atoms with E-state index in [2.05, 4.69) is 0 Å². The molecule has 0 amide bonds. The number of halogens is 1. The van der Waals surface area contributed by atoms with E-state index >= 15 is 0 Å². The maximum absolute atomic E-state index is 11.2. The minimum Gasteiger partial charge on any atom is -0.258 e. The fraction of sp³-hybridized carbons (Fsp3) is 0. The van der Waals surface area contributed by atoms with Gasteiger partial charge in [-0.05, 0) is 23.8 Å². The highest BCUT2D eigenvalue weighted by Crippen LogP contribution is 2.27. The second-order valence-corrected chi connectivity index (χ2v) is 4.53. The summed E-state index contributed by atoms with van der Waals surface area (Å²) >= 11 is 5.71. The molecule has 0 aliphatic rings. The van der Waals surface area contributed by atoms with Gasteiger partial charge in [0.15, 0.2) is 0 Å². The standard InChI is InChI=1S/C14H9ClN2O4/c15-12-7-6-10(9-14(12)17(20)21)8-13(16(18)19)11-4-2-1-3-5-11/h1-9H. The summed E-state index contributed by atoms with van der Waals surface area (Å²) < 4.78 is 0. The van der Waals surface area contributed by atoms with Crippen LogP contribution in [0.25, 0.3) is 11.8 Å². The van der Waals surface area contributed by atoms with Crippen LogP contribution in [0.3, 0.4) is 0 Å². The Kier molecular flexibility index (Phi) is 4.30. The van der Waals surface area contributed by atoms with Crippen molar-refractivity contribution in [1.29, 1.82) is 0 Å². The molecule has 2 aromatic rings. The van der Waals surface area contributed by atoms with Gasteiger partial charge in [0.1, 0.15) is 5.02 Å². The Balaban J connectivity index is 2.52. The molecule has 0 saturated carbocycles. The van der Waals surface area contributed by atoms with Gasteiger partial charge in [-0.3, -0.25) is 20.2 Å². The minimum absolute atomic E-state index is 0.0143. The molecule has 0 spiro atoms. The monoisotopic (exact) mass is 304 g/mol. The van der Waals surface area contributed by atoms with E-state index < -0.39 is 9.85 Å². The molecule has 0 saturated heterocycles. The fourth-order valence-corrected chi connectivity index (χ4v) is 1.95. The van der Waals surface area contributed by atoms with Crippen molar-refractivity contribution in [1.82, 2.24) is 0 Å². The average molecular weight is 305 g/mol. The molecule has 2 rings (SSSR count). The Morgan fingerprint density at radius 3 is 2.29 bits per heavy atom. The second kappa shape index (κ2) is 6.15. The molecule has 0 aliphatic heterocycles. The summed E-state index contributed by atoms with van der Waals surface area (Å²) in [7, 11) is 0. The van der Waals surface area contributed by atoms with Crippen LogP contribution in [0.5, 0.6) is 0 Å². The van der Waals surface area contributed by atoms with E-state index in [4.69, 9.17) is 11.6 Å². The van der Waals surface area contributed by atoms with Crippen LogP contribution in [0.4, 0.5) is 5.69 Å². The third-order valence-electron chi connectivity index (χ3n) is 2.74. The van der Waals surface area contributed by atoms with Gasteiger partial charge in [0, 0.05) is 12.1 Å². The van der Waals surface area contributed by atoms with Crippen LogP contribution < -0.4 is 0 Å². The number of benzene rings is 2. The summed E-state index contributed by atoms with van der Waals surface area (Å²) in [6.07, 6.45) is 1.28.